The van der Waals surface area contributed by atoms with E-state index in [4.69, 9.17) is 4.74 Å². The Labute approximate surface area is 125 Å². The molecule has 0 saturated carbocycles. The Hall–Kier alpha value is -0.390. The third-order valence-electron chi connectivity index (χ3n) is 3.55. The van der Waals surface area contributed by atoms with E-state index < -0.39 is 0 Å². The Morgan fingerprint density at radius 1 is 1.42 bits per heavy atom. The largest absolute Gasteiger partial charge is 0.383 e. The van der Waals surface area contributed by atoms with Crippen molar-refractivity contribution in [2.45, 2.75) is 27.2 Å². The van der Waals surface area contributed by atoms with E-state index in [1.54, 1.807) is 7.11 Å². The van der Waals surface area contributed by atoms with Gasteiger partial charge in [-0.25, -0.2) is 0 Å². The van der Waals surface area contributed by atoms with Gasteiger partial charge in [0.25, 0.3) is 0 Å². The van der Waals surface area contributed by atoms with Gasteiger partial charge in [-0.2, -0.15) is 5.10 Å². The number of hydrogen-bond donors (Lipinski definition) is 1. The predicted molar refractivity (Wildman–Crippen MR) is 82.4 cm³/mol. The number of aryl methyl sites for hydroxylation is 2. The van der Waals surface area contributed by atoms with Crippen LogP contribution in [0.25, 0.3) is 0 Å². The van der Waals surface area contributed by atoms with Gasteiger partial charge in [-0.05, 0) is 47.7 Å². The highest BCUT2D eigenvalue weighted by molar-refractivity contribution is 9.10. The van der Waals surface area contributed by atoms with E-state index in [1.807, 2.05) is 18.7 Å². The van der Waals surface area contributed by atoms with E-state index in [0.29, 0.717) is 11.8 Å². The Morgan fingerprint density at radius 3 is 2.58 bits per heavy atom. The molecule has 4 nitrogen and oxygen atoms in total. The molecule has 1 N–H and O–H groups in total. The topological polar surface area (TPSA) is 39.1 Å². The first-order valence-corrected chi connectivity index (χ1v) is 7.64. The highest BCUT2D eigenvalue weighted by atomic mass is 79.9. The van der Waals surface area contributed by atoms with Crippen LogP contribution in [0.4, 0.5) is 0 Å². The van der Waals surface area contributed by atoms with Gasteiger partial charge in [-0.15, -0.1) is 0 Å². The number of aromatic nitrogens is 2. The fourth-order valence-electron chi connectivity index (χ4n) is 2.16. The molecule has 1 rings (SSSR count). The summed E-state index contributed by atoms with van der Waals surface area (Å²) in [6.07, 6.45) is 1.04. The first kappa shape index (κ1) is 16.7. The average molecular weight is 332 g/mol. The van der Waals surface area contributed by atoms with Crippen LogP contribution < -0.4 is 5.32 Å². The minimum atomic E-state index is 0.600. The van der Waals surface area contributed by atoms with Crippen LogP contribution in [-0.2, 0) is 18.2 Å². The third-order valence-corrected chi connectivity index (χ3v) is 4.58. The first-order chi connectivity index (χ1) is 8.97. The molecule has 0 amide bonds. The van der Waals surface area contributed by atoms with E-state index >= 15 is 0 Å². The smallest absolute Gasteiger partial charge is 0.0738 e. The molecule has 0 aliphatic rings. The molecular formula is C14H26BrN3O. The number of methoxy groups -OCH3 is 1. The van der Waals surface area contributed by atoms with Crippen LogP contribution in [0.5, 0.6) is 0 Å². The number of rotatable bonds is 8. The van der Waals surface area contributed by atoms with Crippen LogP contribution in [0, 0.1) is 18.8 Å². The Morgan fingerprint density at radius 2 is 2.11 bits per heavy atom. The van der Waals surface area contributed by atoms with Crippen molar-refractivity contribution >= 4 is 15.9 Å². The summed E-state index contributed by atoms with van der Waals surface area (Å²) in [7, 11) is 3.75. The van der Waals surface area contributed by atoms with Crippen LogP contribution in [0.1, 0.15) is 25.2 Å². The number of halogens is 1. The maximum atomic E-state index is 5.06. The van der Waals surface area contributed by atoms with Crippen LogP contribution in [-0.4, -0.2) is 36.6 Å². The molecule has 0 radical (unpaired) electrons. The lowest BCUT2D eigenvalue weighted by Gasteiger charge is -2.21. The quantitative estimate of drug-likeness (QED) is 0.744. The van der Waals surface area contributed by atoms with E-state index in [9.17, 15) is 0 Å². The van der Waals surface area contributed by atoms with Crippen molar-refractivity contribution in [3.05, 3.63) is 15.9 Å². The van der Waals surface area contributed by atoms with Crippen LogP contribution >= 0.6 is 15.9 Å². The summed E-state index contributed by atoms with van der Waals surface area (Å²) < 4.78 is 8.20. The van der Waals surface area contributed by atoms with Gasteiger partial charge in [0.1, 0.15) is 0 Å². The lowest BCUT2D eigenvalue weighted by atomic mass is 9.91. The van der Waals surface area contributed by atoms with Crippen molar-refractivity contribution in [3.8, 4) is 0 Å². The van der Waals surface area contributed by atoms with Gasteiger partial charge in [-0.1, -0.05) is 13.8 Å². The Balaban J connectivity index is 2.62. The number of nitrogens with zero attached hydrogens (tertiary/aromatic N) is 2. The molecule has 1 aromatic rings. The molecule has 110 valence electrons. The molecule has 0 aliphatic carbocycles. The molecule has 0 bridgehead atoms. The first-order valence-electron chi connectivity index (χ1n) is 6.85. The molecule has 1 atom stereocenters. The summed E-state index contributed by atoms with van der Waals surface area (Å²) in [6.45, 7) is 9.27. The monoisotopic (exact) mass is 331 g/mol. The van der Waals surface area contributed by atoms with Crippen LogP contribution in [0.15, 0.2) is 4.47 Å². The Kier molecular flexibility index (Phi) is 7.04. The maximum Gasteiger partial charge on any atom is 0.0738 e. The van der Waals surface area contributed by atoms with Gasteiger partial charge in [0.2, 0.25) is 0 Å². The summed E-state index contributed by atoms with van der Waals surface area (Å²) >= 11 is 3.65. The summed E-state index contributed by atoms with van der Waals surface area (Å²) in [6, 6.07) is 0. The molecule has 19 heavy (non-hydrogen) atoms. The van der Waals surface area contributed by atoms with Gasteiger partial charge >= 0.3 is 0 Å². The lowest BCUT2D eigenvalue weighted by molar-refractivity contribution is 0.196. The fourth-order valence-corrected chi connectivity index (χ4v) is 2.65. The van der Waals surface area contributed by atoms with Gasteiger partial charge in [0.05, 0.1) is 22.5 Å². The summed E-state index contributed by atoms with van der Waals surface area (Å²) in [5, 5.41) is 7.93. The number of ether oxygens (including phenoxy) is 1. The summed E-state index contributed by atoms with van der Waals surface area (Å²) in [5.74, 6) is 1.24. The molecule has 0 saturated heterocycles. The second kappa shape index (κ2) is 8.02. The van der Waals surface area contributed by atoms with Crippen molar-refractivity contribution in [3.63, 3.8) is 0 Å². The highest BCUT2D eigenvalue weighted by Crippen LogP contribution is 2.25. The molecule has 0 aromatic carbocycles. The van der Waals surface area contributed by atoms with Crippen molar-refractivity contribution in [1.29, 1.82) is 0 Å². The van der Waals surface area contributed by atoms with Crippen LogP contribution in [0.2, 0.25) is 0 Å². The zero-order valence-electron chi connectivity index (χ0n) is 12.7. The maximum absolute atomic E-state index is 5.06. The van der Waals surface area contributed by atoms with Gasteiger partial charge < -0.3 is 10.1 Å². The van der Waals surface area contributed by atoms with Crippen molar-refractivity contribution < 1.29 is 4.74 Å². The molecule has 0 aliphatic heterocycles. The fraction of sp³-hybridized carbons (Fsp3) is 0.786. The zero-order chi connectivity index (χ0) is 14.4. The standard InChI is InChI=1S/C14H26BrN3O/c1-10(2)12(9-16-6-7-19-5)8-13-14(15)11(3)17-18(13)4/h10,12,16H,6-9H2,1-5H3. The Bertz CT molecular complexity index is 390. The highest BCUT2D eigenvalue weighted by Gasteiger charge is 2.19. The van der Waals surface area contributed by atoms with E-state index in [0.717, 1.165) is 36.3 Å². The van der Waals surface area contributed by atoms with Crippen LogP contribution in [0.3, 0.4) is 0 Å². The van der Waals surface area contributed by atoms with E-state index in [-0.39, 0.29) is 0 Å². The van der Waals surface area contributed by atoms with Gasteiger partial charge in [-0.3, -0.25) is 4.68 Å². The minimum absolute atomic E-state index is 0.600. The lowest BCUT2D eigenvalue weighted by Crippen LogP contribution is -2.30. The SMILES string of the molecule is COCCNCC(Cc1c(Br)c(C)nn1C)C(C)C. The van der Waals surface area contributed by atoms with E-state index in [1.165, 1.54) is 5.69 Å². The second-order valence-corrected chi connectivity index (χ2v) is 6.17. The van der Waals surface area contributed by atoms with Crippen molar-refractivity contribution in [2.75, 3.05) is 26.8 Å². The van der Waals surface area contributed by atoms with Gasteiger partial charge in [0, 0.05) is 20.7 Å². The molecule has 1 unspecified atom stereocenters. The normalized spacial score (nSPS) is 13.2. The molecule has 5 heteroatoms. The number of nitrogens with one attached hydrogen (secondary N) is 1. The summed E-state index contributed by atoms with van der Waals surface area (Å²) in [5.41, 5.74) is 2.34. The van der Waals surface area contributed by atoms with Crippen molar-refractivity contribution in [2.24, 2.45) is 18.9 Å². The molecule has 1 aromatic heterocycles. The van der Waals surface area contributed by atoms with Gasteiger partial charge in [0.15, 0.2) is 0 Å². The van der Waals surface area contributed by atoms with Crippen molar-refractivity contribution in [1.82, 2.24) is 15.1 Å². The zero-order valence-corrected chi connectivity index (χ0v) is 14.2. The minimum Gasteiger partial charge on any atom is -0.383 e. The average Bonchev–Trinajstić information content (AvgIpc) is 2.58. The molecular weight excluding hydrogens is 306 g/mol. The molecule has 0 spiro atoms. The predicted octanol–water partition coefficient (Wildman–Crippen LogP) is 2.54. The number of hydrogen-bond acceptors (Lipinski definition) is 3. The summed E-state index contributed by atoms with van der Waals surface area (Å²) in [4.78, 5) is 0. The second-order valence-electron chi connectivity index (χ2n) is 5.37. The molecule has 0 fully saturated rings. The third kappa shape index (κ3) is 4.89. The molecule has 1 heterocycles. The van der Waals surface area contributed by atoms with E-state index in [2.05, 4.69) is 40.2 Å².